The van der Waals surface area contributed by atoms with Crippen LogP contribution in [0.4, 0.5) is 5.69 Å². The van der Waals surface area contributed by atoms with Crippen LogP contribution < -0.4 is 5.32 Å². The summed E-state index contributed by atoms with van der Waals surface area (Å²) in [6.45, 7) is 1.81. The molecule has 7 heteroatoms. The molecule has 5 nitrogen and oxygen atoms in total. The van der Waals surface area contributed by atoms with Crippen LogP contribution in [0.2, 0.25) is 5.02 Å². The van der Waals surface area contributed by atoms with E-state index in [1.165, 1.54) is 36.6 Å². The second kappa shape index (κ2) is 6.02. The largest absolute Gasteiger partial charge is 0.465 e. The van der Waals surface area contributed by atoms with Gasteiger partial charge in [0.1, 0.15) is 5.69 Å². The number of amides is 1. The molecule has 0 aliphatic carbocycles. The van der Waals surface area contributed by atoms with E-state index < -0.39 is 5.97 Å². The first-order chi connectivity index (χ1) is 9.51. The number of carbonyl (C=O) groups is 2. The quantitative estimate of drug-likeness (QED) is 0.884. The van der Waals surface area contributed by atoms with Gasteiger partial charge in [-0.2, -0.15) is 0 Å². The van der Waals surface area contributed by atoms with Crippen LogP contribution in [0.15, 0.2) is 23.6 Å². The summed E-state index contributed by atoms with van der Waals surface area (Å²) in [6.07, 6.45) is 0. The molecule has 0 bridgehead atoms. The Morgan fingerprint density at radius 2 is 2.15 bits per heavy atom. The Morgan fingerprint density at radius 3 is 2.75 bits per heavy atom. The molecule has 0 aliphatic heterocycles. The van der Waals surface area contributed by atoms with Crippen molar-refractivity contribution < 1.29 is 14.3 Å². The van der Waals surface area contributed by atoms with Crippen molar-refractivity contribution >= 4 is 40.5 Å². The number of rotatable bonds is 3. The fourth-order valence-electron chi connectivity index (χ4n) is 1.52. The monoisotopic (exact) mass is 310 g/mol. The number of carbonyl (C=O) groups excluding carboxylic acids is 2. The zero-order valence-corrected chi connectivity index (χ0v) is 12.3. The number of hydrogen-bond donors (Lipinski definition) is 1. The number of benzene rings is 1. The average molecular weight is 311 g/mol. The van der Waals surface area contributed by atoms with Crippen LogP contribution >= 0.6 is 22.9 Å². The highest BCUT2D eigenvalue weighted by atomic mass is 35.5. The Balaban J connectivity index is 2.24. The molecule has 0 saturated heterocycles. The van der Waals surface area contributed by atoms with Gasteiger partial charge < -0.3 is 10.1 Å². The Labute approximate surface area is 124 Å². The molecule has 0 atom stereocenters. The number of anilines is 1. The van der Waals surface area contributed by atoms with Gasteiger partial charge in [0.15, 0.2) is 0 Å². The molecular weight excluding hydrogens is 300 g/mol. The number of halogens is 1. The molecule has 0 saturated carbocycles. The summed E-state index contributed by atoms with van der Waals surface area (Å²) in [4.78, 5) is 27.5. The first-order valence-electron chi connectivity index (χ1n) is 5.62. The summed E-state index contributed by atoms with van der Waals surface area (Å²) < 4.78 is 4.62. The predicted molar refractivity (Wildman–Crippen MR) is 77.6 cm³/mol. The molecule has 1 aromatic carbocycles. The van der Waals surface area contributed by atoms with Crippen LogP contribution in [0.25, 0.3) is 0 Å². The number of nitrogens with one attached hydrogen (secondary N) is 1. The smallest absolute Gasteiger partial charge is 0.337 e. The van der Waals surface area contributed by atoms with Crippen molar-refractivity contribution in [3.63, 3.8) is 0 Å². The number of nitrogens with zero attached hydrogens (tertiary/aromatic N) is 1. The van der Waals surface area contributed by atoms with Crippen LogP contribution in [-0.4, -0.2) is 24.0 Å². The van der Waals surface area contributed by atoms with Gasteiger partial charge in [0.2, 0.25) is 0 Å². The van der Waals surface area contributed by atoms with Crippen LogP contribution in [0.3, 0.4) is 0 Å². The summed E-state index contributed by atoms with van der Waals surface area (Å²) >= 11 is 7.38. The number of methoxy groups -OCH3 is 1. The van der Waals surface area contributed by atoms with Gasteiger partial charge in [0.05, 0.1) is 28.4 Å². The molecule has 0 radical (unpaired) electrons. The minimum Gasteiger partial charge on any atom is -0.465 e. The summed E-state index contributed by atoms with van der Waals surface area (Å²) in [6, 6.07) is 4.51. The van der Waals surface area contributed by atoms with Crippen LogP contribution in [0, 0.1) is 6.92 Å². The van der Waals surface area contributed by atoms with E-state index in [2.05, 4.69) is 15.0 Å². The number of aromatic nitrogens is 1. The van der Waals surface area contributed by atoms with Crippen molar-refractivity contribution in [3.05, 3.63) is 44.9 Å². The average Bonchev–Trinajstić information content (AvgIpc) is 2.87. The first-order valence-corrected chi connectivity index (χ1v) is 6.88. The van der Waals surface area contributed by atoms with E-state index in [4.69, 9.17) is 11.6 Å². The van der Waals surface area contributed by atoms with Crippen molar-refractivity contribution in [1.29, 1.82) is 0 Å². The molecule has 1 aromatic heterocycles. The van der Waals surface area contributed by atoms with Gasteiger partial charge >= 0.3 is 5.97 Å². The van der Waals surface area contributed by atoms with Gasteiger partial charge in [0.25, 0.3) is 5.91 Å². The normalized spacial score (nSPS) is 10.2. The lowest BCUT2D eigenvalue weighted by molar-refractivity contribution is 0.0600. The number of esters is 1. The molecule has 0 spiro atoms. The fraction of sp³-hybridized carbons (Fsp3) is 0.154. The number of hydrogen-bond acceptors (Lipinski definition) is 5. The van der Waals surface area contributed by atoms with E-state index in [-0.39, 0.29) is 5.91 Å². The number of aryl methyl sites for hydroxylation is 1. The van der Waals surface area contributed by atoms with Crippen molar-refractivity contribution in [2.75, 3.05) is 12.4 Å². The van der Waals surface area contributed by atoms with Crippen LogP contribution in [0.5, 0.6) is 0 Å². The van der Waals surface area contributed by atoms with Crippen molar-refractivity contribution in [3.8, 4) is 0 Å². The molecule has 1 heterocycles. The van der Waals surface area contributed by atoms with E-state index in [0.29, 0.717) is 22.0 Å². The first kappa shape index (κ1) is 14.5. The lowest BCUT2D eigenvalue weighted by Crippen LogP contribution is -2.13. The number of ether oxygens (including phenoxy) is 1. The SMILES string of the molecule is COC(=O)c1ccc(Cl)c(NC(=O)c2csc(C)n2)c1. The summed E-state index contributed by atoms with van der Waals surface area (Å²) in [5.41, 5.74) is 0.957. The molecule has 1 amide bonds. The zero-order valence-electron chi connectivity index (χ0n) is 10.8. The van der Waals surface area contributed by atoms with Crippen LogP contribution in [-0.2, 0) is 4.74 Å². The molecule has 1 N–H and O–H groups in total. The van der Waals surface area contributed by atoms with Crippen molar-refractivity contribution in [2.24, 2.45) is 0 Å². The van der Waals surface area contributed by atoms with Gasteiger partial charge in [-0.3, -0.25) is 4.79 Å². The van der Waals surface area contributed by atoms with Gasteiger partial charge in [-0.1, -0.05) is 11.6 Å². The topological polar surface area (TPSA) is 68.3 Å². The molecule has 0 unspecified atom stereocenters. The predicted octanol–water partition coefficient (Wildman–Crippen LogP) is 3.14. The maximum absolute atomic E-state index is 12.0. The highest BCUT2D eigenvalue weighted by molar-refractivity contribution is 7.09. The number of thiazole rings is 1. The molecule has 0 fully saturated rings. The molecule has 20 heavy (non-hydrogen) atoms. The highest BCUT2D eigenvalue weighted by Gasteiger charge is 2.14. The molecule has 2 aromatic rings. The Kier molecular flexibility index (Phi) is 4.36. The molecule has 0 aliphatic rings. The van der Waals surface area contributed by atoms with Gasteiger partial charge in [0, 0.05) is 5.38 Å². The van der Waals surface area contributed by atoms with Gasteiger partial charge in [-0.15, -0.1) is 11.3 Å². The maximum atomic E-state index is 12.0. The maximum Gasteiger partial charge on any atom is 0.337 e. The lowest BCUT2D eigenvalue weighted by Gasteiger charge is -2.07. The summed E-state index contributed by atoms with van der Waals surface area (Å²) in [5, 5.41) is 5.41. The zero-order chi connectivity index (χ0) is 14.7. The molecule has 104 valence electrons. The minimum atomic E-state index is -0.498. The Morgan fingerprint density at radius 1 is 1.40 bits per heavy atom. The van der Waals surface area contributed by atoms with Gasteiger partial charge in [-0.25, -0.2) is 9.78 Å². The van der Waals surface area contributed by atoms with Crippen molar-refractivity contribution in [1.82, 2.24) is 4.98 Å². The summed E-state index contributed by atoms with van der Waals surface area (Å²) in [5.74, 6) is -0.875. The minimum absolute atomic E-state index is 0.307. The third kappa shape index (κ3) is 3.15. The Hall–Kier alpha value is -1.92. The third-order valence-electron chi connectivity index (χ3n) is 2.49. The molecular formula is C13H11ClN2O3S. The van der Waals surface area contributed by atoms with E-state index in [9.17, 15) is 9.59 Å². The standard InChI is InChI=1S/C13H11ClN2O3S/c1-7-15-11(6-20-7)12(17)16-10-5-8(13(18)19-2)3-4-9(10)14/h3-6H,1-2H3,(H,16,17). The highest BCUT2D eigenvalue weighted by Crippen LogP contribution is 2.24. The fourth-order valence-corrected chi connectivity index (χ4v) is 2.28. The van der Waals surface area contributed by atoms with E-state index >= 15 is 0 Å². The lowest BCUT2D eigenvalue weighted by atomic mass is 10.2. The van der Waals surface area contributed by atoms with E-state index in [1.54, 1.807) is 5.38 Å². The Bertz CT molecular complexity index is 669. The van der Waals surface area contributed by atoms with Crippen molar-refractivity contribution in [2.45, 2.75) is 6.92 Å². The van der Waals surface area contributed by atoms with Crippen LogP contribution in [0.1, 0.15) is 25.9 Å². The van der Waals surface area contributed by atoms with E-state index in [0.717, 1.165) is 5.01 Å². The van der Waals surface area contributed by atoms with E-state index in [1.807, 2.05) is 6.92 Å². The second-order valence-corrected chi connectivity index (χ2v) is 5.36. The summed E-state index contributed by atoms with van der Waals surface area (Å²) in [7, 11) is 1.28. The third-order valence-corrected chi connectivity index (χ3v) is 3.59. The molecule has 2 rings (SSSR count). The van der Waals surface area contributed by atoms with Gasteiger partial charge in [-0.05, 0) is 25.1 Å². The second-order valence-electron chi connectivity index (χ2n) is 3.89.